The molecule has 0 aromatic heterocycles. The molecule has 18 heavy (non-hydrogen) atoms. The minimum absolute atomic E-state index is 0.133. The Labute approximate surface area is 109 Å². The van der Waals surface area contributed by atoms with E-state index in [0.29, 0.717) is 31.0 Å². The average molecular weight is 258 g/mol. The van der Waals surface area contributed by atoms with E-state index in [1.165, 1.54) is 7.11 Å². The molecule has 0 amide bonds. The number of esters is 1. The van der Waals surface area contributed by atoms with Crippen LogP contribution in [-0.4, -0.2) is 61.4 Å². The van der Waals surface area contributed by atoms with Crippen molar-refractivity contribution >= 4 is 5.97 Å². The highest BCUT2D eigenvalue weighted by atomic mass is 16.5. The topological polar surface area (TPSA) is 61.8 Å². The lowest BCUT2D eigenvalue weighted by atomic mass is 9.90. The molecule has 1 rings (SSSR count). The first-order valence-electron chi connectivity index (χ1n) is 6.72. The zero-order valence-electron chi connectivity index (χ0n) is 11.7. The van der Waals surface area contributed by atoms with Crippen LogP contribution in [0, 0.1) is 5.92 Å². The summed E-state index contributed by atoms with van der Waals surface area (Å²) in [7, 11) is 1.44. The van der Waals surface area contributed by atoms with Crippen LogP contribution in [-0.2, 0) is 9.53 Å². The Bertz CT molecular complexity index is 259. The minimum Gasteiger partial charge on any atom is -0.469 e. The number of likely N-dealkylation sites (tertiary alicyclic amines) is 1. The fourth-order valence-electron chi connectivity index (χ4n) is 2.55. The second kappa shape index (κ2) is 7.71. The molecular formula is C13H26N2O3. The number of carbonyl (C=O) groups excluding carboxylic acids is 1. The molecule has 0 bridgehead atoms. The third kappa shape index (κ3) is 4.92. The van der Waals surface area contributed by atoms with Gasteiger partial charge in [0.1, 0.15) is 0 Å². The Morgan fingerprint density at radius 2 is 2.22 bits per heavy atom. The zero-order chi connectivity index (χ0) is 13.5. The largest absolute Gasteiger partial charge is 0.469 e. The maximum atomic E-state index is 11.4. The first kappa shape index (κ1) is 15.4. The quantitative estimate of drug-likeness (QED) is 0.668. The summed E-state index contributed by atoms with van der Waals surface area (Å²) in [6.45, 7) is 7.04. The molecule has 0 spiro atoms. The highest BCUT2D eigenvalue weighted by molar-refractivity contribution is 5.69. The number of rotatable bonds is 6. The van der Waals surface area contributed by atoms with Gasteiger partial charge in [-0.25, -0.2) is 0 Å². The molecule has 5 nitrogen and oxygen atoms in total. The highest BCUT2D eigenvalue weighted by Gasteiger charge is 2.29. The van der Waals surface area contributed by atoms with Crippen molar-refractivity contribution in [3.05, 3.63) is 0 Å². The molecule has 0 radical (unpaired) electrons. The van der Waals surface area contributed by atoms with Crippen molar-refractivity contribution < 1.29 is 14.6 Å². The Balaban J connectivity index is 2.53. The summed E-state index contributed by atoms with van der Waals surface area (Å²) in [5, 5.41) is 12.2. The maximum absolute atomic E-state index is 11.4. The van der Waals surface area contributed by atoms with E-state index < -0.39 is 0 Å². The van der Waals surface area contributed by atoms with Crippen molar-refractivity contribution in [1.29, 1.82) is 0 Å². The SMILES string of the molecule is COC(=O)CC1CC(NCCO)CN(C(C)C)C1. The van der Waals surface area contributed by atoms with Crippen molar-refractivity contribution in [2.45, 2.75) is 38.8 Å². The van der Waals surface area contributed by atoms with Gasteiger partial charge in [0.25, 0.3) is 0 Å². The number of piperidine rings is 1. The van der Waals surface area contributed by atoms with Crippen LogP contribution in [0.25, 0.3) is 0 Å². The molecule has 106 valence electrons. The number of aliphatic hydroxyl groups is 1. The summed E-state index contributed by atoms with van der Waals surface area (Å²) in [5.74, 6) is 0.205. The van der Waals surface area contributed by atoms with Crippen molar-refractivity contribution in [3.63, 3.8) is 0 Å². The van der Waals surface area contributed by atoms with Crippen molar-refractivity contribution in [1.82, 2.24) is 10.2 Å². The maximum Gasteiger partial charge on any atom is 0.305 e. The summed E-state index contributed by atoms with van der Waals surface area (Å²) in [4.78, 5) is 13.8. The monoisotopic (exact) mass is 258 g/mol. The van der Waals surface area contributed by atoms with Gasteiger partial charge < -0.3 is 15.2 Å². The summed E-state index contributed by atoms with van der Waals surface area (Å²) < 4.78 is 4.75. The summed E-state index contributed by atoms with van der Waals surface area (Å²) in [6, 6.07) is 0.826. The molecule has 0 aromatic carbocycles. The zero-order valence-corrected chi connectivity index (χ0v) is 11.7. The van der Waals surface area contributed by atoms with Crippen molar-refractivity contribution in [2.24, 2.45) is 5.92 Å². The Kier molecular flexibility index (Phi) is 6.60. The molecule has 0 aliphatic carbocycles. The van der Waals surface area contributed by atoms with E-state index in [4.69, 9.17) is 9.84 Å². The number of hydrogen-bond acceptors (Lipinski definition) is 5. The average Bonchev–Trinajstić information content (AvgIpc) is 2.35. The molecular weight excluding hydrogens is 232 g/mol. The van der Waals surface area contributed by atoms with Gasteiger partial charge >= 0.3 is 5.97 Å². The van der Waals surface area contributed by atoms with Crippen LogP contribution in [0.4, 0.5) is 0 Å². The van der Waals surface area contributed by atoms with Gasteiger partial charge in [-0.2, -0.15) is 0 Å². The van der Waals surface area contributed by atoms with Gasteiger partial charge in [0, 0.05) is 38.1 Å². The lowest BCUT2D eigenvalue weighted by Crippen LogP contribution is -2.52. The van der Waals surface area contributed by atoms with Crippen LogP contribution in [0.5, 0.6) is 0 Å². The first-order chi connectivity index (χ1) is 8.56. The van der Waals surface area contributed by atoms with E-state index >= 15 is 0 Å². The lowest BCUT2D eigenvalue weighted by molar-refractivity contribution is -0.142. The first-order valence-corrected chi connectivity index (χ1v) is 6.72. The smallest absolute Gasteiger partial charge is 0.305 e. The van der Waals surface area contributed by atoms with E-state index in [0.717, 1.165) is 19.5 Å². The predicted octanol–water partition coefficient (Wildman–Crippen LogP) is 0.230. The number of nitrogens with zero attached hydrogens (tertiary/aromatic N) is 1. The van der Waals surface area contributed by atoms with Gasteiger partial charge in [0.05, 0.1) is 13.7 Å². The standard InChI is InChI=1S/C13H26N2O3/c1-10(2)15-8-11(7-13(17)18-3)6-12(9-15)14-4-5-16/h10-12,14,16H,4-9H2,1-3H3. The van der Waals surface area contributed by atoms with Gasteiger partial charge in [-0.1, -0.05) is 0 Å². The van der Waals surface area contributed by atoms with Crippen LogP contribution in [0.1, 0.15) is 26.7 Å². The number of ether oxygens (including phenoxy) is 1. The van der Waals surface area contributed by atoms with Gasteiger partial charge in [0.2, 0.25) is 0 Å². The summed E-state index contributed by atoms with van der Waals surface area (Å²) in [5.41, 5.74) is 0. The lowest BCUT2D eigenvalue weighted by Gasteiger charge is -2.40. The van der Waals surface area contributed by atoms with Crippen LogP contribution >= 0.6 is 0 Å². The van der Waals surface area contributed by atoms with Gasteiger partial charge in [-0.3, -0.25) is 9.69 Å². The van der Waals surface area contributed by atoms with Crippen LogP contribution in [0.3, 0.4) is 0 Å². The number of methoxy groups -OCH3 is 1. The Hall–Kier alpha value is -0.650. The fraction of sp³-hybridized carbons (Fsp3) is 0.923. The van der Waals surface area contributed by atoms with Crippen LogP contribution < -0.4 is 5.32 Å². The van der Waals surface area contributed by atoms with Gasteiger partial charge in [-0.05, 0) is 26.2 Å². The van der Waals surface area contributed by atoms with Crippen LogP contribution in [0.15, 0.2) is 0 Å². The number of aliphatic hydroxyl groups excluding tert-OH is 1. The number of nitrogens with one attached hydrogen (secondary N) is 1. The normalized spacial score (nSPS) is 25.4. The summed E-state index contributed by atoms with van der Waals surface area (Å²) >= 11 is 0. The second-order valence-corrected chi connectivity index (χ2v) is 5.30. The molecule has 2 unspecified atom stereocenters. The minimum atomic E-state index is -0.133. The van der Waals surface area contributed by atoms with E-state index in [-0.39, 0.29) is 12.6 Å². The van der Waals surface area contributed by atoms with E-state index in [1.807, 2.05) is 0 Å². The highest BCUT2D eigenvalue weighted by Crippen LogP contribution is 2.22. The Morgan fingerprint density at radius 3 is 2.78 bits per heavy atom. The van der Waals surface area contributed by atoms with E-state index in [2.05, 4.69) is 24.1 Å². The second-order valence-electron chi connectivity index (χ2n) is 5.30. The molecule has 1 fully saturated rings. The van der Waals surface area contributed by atoms with E-state index in [9.17, 15) is 4.79 Å². The third-order valence-electron chi connectivity index (χ3n) is 3.52. The number of hydrogen-bond donors (Lipinski definition) is 2. The molecule has 5 heteroatoms. The molecule has 1 heterocycles. The molecule has 1 saturated heterocycles. The van der Waals surface area contributed by atoms with E-state index in [1.54, 1.807) is 0 Å². The fourth-order valence-corrected chi connectivity index (χ4v) is 2.55. The van der Waals surface area contributed by atoms with Crippen LogP contribution in [0.2, 0.25) is 0 Å². The van der Waals surface area contributed by atoms with Gasteiger partial charge in [-0.15, -0.1) is 0 Å². The molecule has 1 aliphatic rings. The third-order valence-corrected chi connectivity index (χ3v) is 3.52. The predicted molar refractivity (Wildman–Crippen MR) is 70.3 cm³/mol. The molecule has 2 atom stereocenters. The van der Waals surface area contributed by atoms with Crippen molar-refractivity contribution in [3.8, 4) is 0 Å². The molecule has 2 N–H and O–H groups in total. The van der Waals surface area contributed by atoms with Gasteiger partial charge in [0.15, 0.2) is 0 Å². The van der Waals surface area contributed by atoms with Crippen molar-refractivity contribution in [2.75, 3.05) is 33.4 Å². The molecule has 0 aromatic rings. The molecule has 0 saturated carbocycles. The number of carbonyl (C=O) groups is 1. The molecule has 1 aliphatic heterocycles. The summed E-state index contributed by atoms with van der Waals surface area (Å²) in [6.07, 6.45) is 1.45. The Morgan fingerprint density at radius 1 is 1.50 bits per heavy atom.